The first-order valence-electron chi connectivity index (χ1n) is 5.58. The fraction of sp³-hybridized carbons (Fsp3) is 0.636. The summed E-state index contributed by atoms with van der Waals surface area (Å²) in [7, 11) is 1.64. The maximum atomic E-state index is 5.48. The van der Waals surface area contributed by atoms with Crippen molar-refractivity contribution in [1.82, 2.24) is 9.97 Å². The van der Waals surface area contributed by atoms with Gasteiger partial charge in [-0.2, -0.15) is 4.98 Å². The van der Waals surface area contributed by atoms with Gasteiger partial charge in [0.25, 0.3) is 0 Å². The van der Waals surface area contributed by atoms with Gasteiger partial charge in [0.15, 0.2) is 5.16 Å². The van der Waals surface area contributed by atoms with Crippen molar-refractivity contribution in [2.24, 2.45) is 0 Å². The molecule has 1 aromatic rings. The molecule has 0 atom stereocenters. The average Bonchev–Trinajstić information content (AvgIpc) is 2.36. The largest absolute Gasteiger partial charge is 0.475 e. The second-order valence-corrected chi connectivity index (χ2v) is 4.12. The molecule has 17 heavy (non-hydrogen) atoms. The van der Waals surface area contributed by atoms with Crippen LogP contribution in [0.2, 0.25) is 0 Å². The van der Waals surface area contributed by atoms with Crippen molar-refractivity contribution in [3.8, 4) is 5.88 Å². The van der Waals surface area contributed by atoms with E-state index in [1.807, 2.05) is 12.3 Å². The normalized spacial score (nSPS) is 10.3. The smallest absolute Gasteiger partial charge is 0.219 e. The molecule has 0 fully saturated rings. The fourth-order valence-electron chi connectivity index (χ4n) is 1.14. The minimum atomic E-state index is 0.495. The van der Waals surface area contributed by atoms with Crippen LogP contribution in [-0.4, -0.2) is 43.1 Å². The summed E-state index contributed by atoms with van der Waals surface area (Å²) in [4.78, 5) is 8.61. The molecule has 0 saturated carbocycles. The number of nitrogens with one attached hydrogen (secondary N) is 1. The third-order valence-electron chi connectivity index (χ3n) is 1.96. The first kappa shape index (κ1) is 14.1. The van der Waals surface area contributed by atoms with Crippen LogP contribution in [0.1, 0.15) is 13.3 Å². The molecule has 0 aliphatic heterocycles. The molecule has 1 N–H and O–H groups in total. The molecule has 96 valence electrons. The van der Waals surface area contributed by atoms with Gasteiger partial charge >= 0.3 is 0 Å². The van der Waals surface area contributed by atoms with Gasteiger partial charge in [0.1, 0.15) is 12.4 Å². The van der Waals surface area contributed by atoms with Gasteiger partial charge in [0.05, 0.1) is 6.61 Å². The van der Waals surface area contributed by atoms with E-state index in [4.69, 9.17) is 9.47 Å². The number of ether oxygens (including phenoxy) is 2. The summed E-state index contributed by atoms with van der Waals surface area (Å²) < 4.78 is 10.4. The number of nitrogens with zero attached hydrogens (tertiary/aromatic N) is 2. The minimum absolute atomic E-state index is 0.495. The Hall–Kier alpha value is -1.01. The Morgan fingerprint density at radius 3 is 2.82 bits per heavy atom. The minimum Gasteiger partial charge on any atom is -0.475 e. The van der Waals surface area contributed by atoms with E-state index < -0.39 is 0 Å². The lowest BCUT2D eigenvalue weighted by atomic mass is 10.4. The Balaban J connectivity index is 2.67. The monoisotopic (exact) mass is 257 g/mol. The number of hydrogen-bond donors (Lipinski definition) is 1. The zero-order chi connectivity index (χ0) is 12.5. The third-order valence-corrected chi connectivity index (χ3v) is 2.51. The van der Waals surface area contributed by atoms with E-state index in [2.05, 4.69) is 22.2 Å². The zero-order valence-electron chi connectivity index (χ0n) is 10.5. The van der Waals surface area contributed by atoms with Crippen molar-refractivity contribution < 1.29 is 9.47 Å². The quantitative estimate of drug-likeness (QED) is 0.437. The zero-order valence-corrected chi connectivity index (χ0v) is 11.3. The molecule has 0 saturated heterocycles. The van der Waals surface area contributed by atoms with Crippen LogP contribution in [0.4, 0.5) is 5.82 Å². The molecule has 6 heteroatoms. The lowest BCUT2D eigenvalue weighted by Gasteiger charge is -2.09. The molecular formula is C11H19N3O2S. The van der Waals surface area contributed by atoms with Gasteiger partial charge in [-0.15, -0.1) is 0 Å². The molecule has 0 aromatic carbocycles. The second kappa shape index (κ2) is 8.14. The predicted molar refractivity (Wildman–Crippen MR) is 70.0 cm³/mol. The molecule has 1 heterocycles. The number of anilines is 1. The van der Waals surface area contributed by atoms with Gasteiger partial charge in [-0.05, 0) is 12.7 Å². The van der Waals surface area contributed by atoms with Gasteiger partial charge in [-0.25, -0.2) is 4.98 Å². The van der Waals surface area contributed by atoms with Crippen LogP contribution in [0.5, 0.6) is 5.88 Å². The van der Waals surface area contributed by atoms with E-state index in [1.54, 1.807) is 7.11 Å². The van der Waals surface area contributed by atoms with Crippen LogP contribution < -0.4 is 10.1 Å². The molecule has 0 aliphatic carbocycles. The third kappa shape index (κ3) is 5.23. The number of thioether (sulfide) groups is 1. The number of rotatable bonds is 8. The first-order chi connectivity index (χ1) is 8.30. The van der Waals surface area contributed by atoms with Crippen molar-refractivity contribution in [3.05, 3.63) is 6.07 Å². The van der Waals surface area contributed by atoms with E-state index in [0.717, 1.165) is 18.8 Å². The van der Waals surface area contributed by atoms with Crippen molar-refractivity contribution in [2.45, 2.75) is 18.5 Å². The summed E-state index contributed by atoms with van der Waals surface area (Å²) in [5.41, 5.74) is 0. The predicted octanol–water partition coefficient (Wildman–Crippen LogP) is 2.05. The summed E-state index contributed by atoms with van der Waals surface area (Å²) in [6.07, 6.45) is 3.00. The summed E-state index contributed by atoms with van der Waals surface area (Å²) in [5, 5.41) is 3.93. The molecule has 1 aromatic heterocycles. The highest BCUT2D eigenvalue weighted by Gasteiger charge is 2.04. The fourth-order valence-corrected chi connectivity index (χ4v) is 1.51. The van der Waals surface area contributed by atoms with Crippen LogP contribution in [0.15, 0.2) is 11.2 Å². The van der Waals surface area contributed by atoms with E-state index in [1.165, 1.54) is 11.8 Å². The standard InChI is InChI=1S/C11H19N3O2S/c1-4-5-12-9-8-10(16-7-6-15-2)14-11(13-9)17-3/h8H,4-7H2,1-3H3,(H,12,13,14). The maximum Gasteiger partial charge on any atom is 0.219 e. The van der Waals surface area contributed by atoms with E-state index in [0.29, 0.717) is 24.3 Å². The molecule has 0 amide bonds. The van der Waals surface area contributed by atoms with Crippen molar-refractivity contribution in [2.75, 3.05) is 38.4 Å². The van der Waals surface area contributed by atoms with Gasteiger partial charge in [-0.1, -0.05) is 18.7 Å². The van der Waals surface area contributed by atoms with Gasteiger partial charge < -0.3 is 14.8 Å². The highest BCUT2D eigenvalue weighted by molar-refractivity contribution is 7.98. The number of methoxy groups -OCH3 is 1. The summed E-state index contributed by atoms with van der Waals surface area (Å²) in [6, 6.07) is 1.81. The number of aromatic nitrogens is 2. The lowest BCUT2D eigenvalue weighted by Crippen LogP contribution is -2.08. The Morgan fingerprint density at radius 1 is 1.35 bits per heavy atom. The van der Waals surface area contributed by atoms with Gasteiger partial charge in [0, 0.05) is 19.7 Å². The maximum absolute atomic E-state index is 5.48. The highest BCUT2D eigenvalue weighted by Crippen LogP contribution is 2.18. The average molecular weight is 257 g/mol. The van der Waals surface area contributed by atoms with Crippen molar-refractivity contribution in [3.63, 3.8) is 0 Å². The summed E-state index contributed by atoms with van der Waals surface area (Å²) in [5.74, 6) is 1.39. The number of hydrogen-bond acceptors (Lipinski definition) is 6. The van der Waals surface area contributed by atoms with Crippen molar-refractivity contribution in [1.29, 1.82) is 0 Å². The van der Waals surface area contributed by atoms with E-state index >= 15 is 0 Å². The Kier molecular flexibility index (Phi) is 6.73. The summed E-state index contributed by atoms with van der Waals surface area (Å²) in [6.45, 7) is 4.05. The van der Waals surface area contributed by atoms with Crippen LogP contribution in [0, 0.1) is 0 Å². The second-order valence-electron chi connectivity index (χ2n) is 3.35. The Bertz CT molecular complexity index is 336. The molecular weight excluding hydrogens is 238 g/mol. The van der Waals surface area contributed by atoms with Gasteiger partial charge in [0.2, 0.25) is 5.88 Å². The topological polar surface area (TPSA) is 56.3 Å². The molecule has 0 unspecified atom stereocenters. The molecule has 0 spiro atoms. The molecule has 0 radical (unpaired) electrons. The van der Waals surface area contributed by atoms with Crippen molar-refractivity contribution >= 4 is 17.6 Å². The molecule has 1 rings (SSSR count). The molecule has 0 aliphatic rings. The van der Waals surface area contributed by atoms with Crippen LogP contribution in [-0.2, 0) is 4.74 Å². The van der Waals surface area contributed by atoms with Crippen LogP contribution in [0.3, 0.4) is 0 Å². The van der Waals surface area contributed by atoms with E-state index in [-0.39, 0.29) is 0 Å². The Morgan fingerprint density at radius 2 is 2.18 bits per heavy atom. The summed E-state index contributed by atoms with van der Waals surface area (Å²) >= 11 is 1.50. The SMILES string of the molecule is CCCNc1cc(OCCOC)nc(SC)n1. The highest BCUT2D eigenvalue weighted by atomic mass is 32.2. The molecule has 0 bridgehead atoms. The van der Waals surface area contributed by atoms with Gasteiger partial charge in [-0.3, -0.25) is 0 Å². The van der Waals surface area contributed by atoms with E-state index in [9.17, 15) is 0 Å². The van der Waals surface area contributed by atoms with Crippen LogP contribution in [0.25, 0.3) is 0 Å². The Labute approximate surface area is 106 Å². The lowest BCUT2D eigenvalue weighted by molar-refractivity contribution is 0.143. The first-order valence-corrected chi connectivity index (χ1v) is 6.81. The van der Waals surface area contributed by atoms with Crippen LogP contribution >= 0.6 is 11.8 Å². The molecule has 5 nitrogen and oxygen atoms in total.